The lowest BCUT2D eigenvalue weighted by atomic mass is 10.0. The van der Waals surface area contributed by atoms with Crippen molar-refractivity contribution in [3.63, 3.8) is 0 Å². The van der Waals surface area contributed by atoms with Crippen LogP contribution in [0.5, 0.6) is 0 Å². The summed E-state index contributed by atoms with van der Waals surface area (Å²) in [6, 6.07) is 0. The molecule has 0 spiro atoms. The lowest BCUT2D eigenvalue weighted by Gasteiger charge is -2.09. The number of amides is 1. The molecule has 0 bridgehead atoms. The van der Waals surface area contributed by atoms with Crippen LogP contribution in [0.2, 0.25) is 0 Å². The Bertz CT molecular complexity index is 172. The molecule has 1 unspecified atom stereocenters. The first-order valence-corrected chi connectivity index (χ1v) is 4.90. The molecule has 0 saturated carbocycles. The number of nitrogens with zero attached hydrogens (tertiary/aromatic N) is 1. The Morgan fingerprint density at radius 1 is 1.69 bits per heavy atom. The number of carbonyl (C=O) groups excluding carboxylic acids is 1. The number of likely N-dealkylation sites (tertiary alicyclic amines) is 1. The molecule has 0 aromatic heterocycles. The highest BCUT2D eigenvalue weighted by Crippen LogP contribution is 2.19. The van der Waals surface area contributed by atoms with E-state index in [1.807, 2.05) is 0 Å². The molecule has 1 heterocycles. The average Bonchev–Trinajstić information content (AvgIpc) is 2.51. The summed E-state index contributed by atoms with van der Waals surface area (Å²) in [7, 11) is 2.15. The minimum atomic E-state index is -0.0497. The molecule has 0 aromatic carbocycles. The van der Waals surface area contributed by atoms with Gasteiger partial charge in [0.05, 0.1) is 0 Å². The van der Waals surface area contributed by atoms with Crippen LogP contribution in [0, 0.1) is 5.92 Å². The topological polar surface area (TPSA) is 58.4 Å². The molecule has 0 radical (unpaired) electrons. The van der Waals surface area contributed by atoms with E-state index in [0.29, 0.717) is 6.42 Å². The zero-order valence-corrected chi connectivity index (χ0v) is 8.25. The van der Waals surface area contributed by atoms with E-state index in [2.05, 4.69) is 17.4 Å². The summed E-state index contributed by atoms with van der Waals surface area (Å²) in [4.78, 5) is 13.1. The monoisotopic (exact) mass is 185 g/mol. The Kier molecular flexibility index (Phi) is 4.18. The van der Waals surface area contributed by atoms with Gasteiger partial charge >= 0.3 is 0 Å². The van der Waals surface area contributed by atoms with Crippen molar-refractivity contribution in [1.82, 2.24) is 10.3 Å². The largest absolute Gasteiger partial charge is 0.306 e. The normalized spacial score (nSPS) is 23.4. The molecule has 13 heavy (non-hydrogen) atoms. The van der Waals surface area contributed by atoms with E-state index in [4.69, 9.17) is 5.84 Å². The fraction of sp³-hybridized carbons (Fsp3) is 0.889. The van der Waals surface area contributed by atoms with Gasteiger partial charge in [-0.25, -0.2) is 5.84 Å². The lowest BCUT2D eigenvalue weighted by Crippen LogP contribution is -2.29. The lowest BCUT2D eigenvalue weighted by molar-refractivity contribution is -0.121. The molecular formula is C9H19N3O. The van der Waals surface area contributed by atoms with Crippen LogP contribution in [0.3, 0.4) is 0 Å². The summed E-state index contributed by atoms with van der Waals surface area (Å²) in [5.74, 6) is 5.72. The molecule has 1 aliphatic heterocycles. The van der Waals surface area contributed by atoms with Gasteiger partial charge in [-0.15, -0.1) is 0 Å². The molecule has 1 atom stereocenters. The van der Waals surface area contributed by atoms with E-state index in [-0.39, 0.29) is 5.91 Å². The van der Waals surface area contributed by atoms with Gasteiger partial charge in [0.1, 0.15) is 0 Å². The van der Waals surface area contributed by atoms with Gasteiger partial charge in [0.2, 0.25) is 5.91 Å². The minimum Gasteiger partial charge on any atom is -0.306 e. The van der Waals surface area contributed by atoms with Crippen molar-refractivity contribution in [1.29, 1.82) is 0 Å². The maximum atomic E-state index is 10.8. The molecule has 0 aliphatic carbocycles. The highest BCUT2D eigenvalue weighted by molar-refractivity contribution is 5.75. The summed E-state index contributed by atoms with van der Waals surface area (Å²) in [6.07, 6.45) is 3.96. The van der Waals surface area contributed by atoms with E-state index < -0.39 is 0 Å². The van der Waals surface area contributed by atoms with Crippen LogP contribution >= 0.6 is 0 Å². The van der Waals surface area contributed by atoms with Gasteiger partial charge in [0, 0.05) is 13.0 Å². The van der Waals surface area contributed by atoms with Gasteiger partial charge in [0.25, 0.3) is 0 Å². The second-order valence-corrected chi connectivity index (χ2v) is 3.88. The highest BCUT2D eigenvalue weighted by Gasteiger charge is 2.18. The molecule has 1 aliphatic rings. The fourth-order valence-corrected chi connectivity index (χ4v) is 1.89. The second-order valence-electron chi connectivity index (χ2n) is 3.88. The minimum absolute atomic E-state index is 0.0497. The van der Waals surface area contributed by atoms with Crippen LogP contribution in [-0.4, -0.2) is 30.9 Å². The molecule has 1 rings (SSSR count). The van der Waals surface area contributed by atoms with Gasteiger partial charge in [-0.3, -0.25) is 10.2 Å². The first-order chi connectivity index (χ1) is 6.22. The number of rotatable bonds is 4. The van der Waals surface area contributed by atoms with E-state index in [9.17, 15) is 4.79 Å². The maximum Gasteiger partial charge on any atom is 0.233 e. The van der Waals surface area contributed by atoms with Gasteiger partial charge < -0.3 is 4.90 Å². The van der Waals surface area contributed by atoms with Crippen LogP contribution in [0.25, 0.3) is 0 Å². The third-order valence-electron chi connectivity index (χ3n) is 2.67. The summed E-state index contributed by atoms with van der Waals surface area (Å²) in [6.45, 7) is 2.39. The summed E-state index contributed by atoms with van der Waals surface area (Å²) in [5.41, 5.74) is 2.15. The van der Waals surface area contributed by atoms with Gasteiger partial charge in [0.15, 0.2) is 0 Å². The number of hydrogen-bond acceptors (Lipinski definition) is 3. The number of nitrogens with one attached hydrogen (secondary N) is 1. The third-order valence-corrected chi connectivity index (χ3v) is 2.67. The Balaban J connectivity index is 2.03. The number of hydrogen-bond donors (Lipinski definition) is 2. The molecule has 0 aromatic rings. The van der Waals surface area contributed by atoms with Gasteiger partial charge in [-0.1, -0.05) is 0 Å². The quantitative estimate of drug-likeness (QED) is 0.371. The van der Waals surface area contributed by atoms with Crippen molar-refractivity contribution in [2.45, 2.75) is 25.7 Å². The molecule has 76 valence electrons. The summed E-state index contributed by atoms with van der Waals surface area (Å²) in [5, 5.41) is 0. The third kappa shape index (κ3) is 3.74. The molecule has 4 heteroatoms. The Hall–Kier alpha value is -0.610. The molecule has 4 nitrogen and oxygen atoms in total. The van der Waals surface area contributed by atoms with E-state index in [1.165, 1.54) is 19.5 Å². The number of carbonyl (C=O) groups is 1. The fourth-order valence-electron chi connectivity index (χ4n) is 1.89. The first-order valence-electron chi connectivity index (χ1n) is 4.90. The van der Waals surface area contributed by atoms with Crippen LogP contribution in [0.15, 0.2) is 0 Å². The maximum absolute atomic E-state index is 10.8. The summed E-state index contributed by atoms with van der Waals surface area (Å²) < 4.78 is 0. The van der Waals surface area contributed by atoms with Crippen LogP contribution in [0.1, 0.15) is 25.7 Å². The second kappa shape index (κ2) is 5.19. The predicted octanol–water partition coefficient (Wildman–Crippen LogP) is 0.0983. The van der Waals surface area contributed by atoms with E-state index in [1.54, 1.807) is 0 Å². The van der Waals surface area contributed by atoms with Crippen LogP contribution < -0.4 is 11.3 Å². The Morgan fingerprint density at radius 3 is 3.00 bits per heavy atom. The molecule has 1 amide bonds. The van der Waals surface area contributed by atoms with Crippen molar-refractivity contribution in [2.24, 2.45) is 11.8 Å². The Morgan fingerprint density at radius 2 is 2.46 bits per heavy atom. The van der Waals surface area contributed by atoms with Crippen LogP contribution in [-0.2, 0) is 4.79 Å². The SMILES string of the molecule is CN1CCC(CCCC(=O)NN)C1. The summed E-state index contributed by atoms with van der Waals surface area (Å²) >= 11 is 0. The van der Waals surface area contributed by atoms with Gasteiger partial charge in [-0.05, 0) is 38.8 Å². The van der Waals surface area contributed by atoms with Crippen molar-refractivity contribution >= 4 is 5.91 Å². The zero-order valence-electron chi connectivity index (χ0n) is 8.25. The standard InChI is InChI=1S/C9H19N3O/c1-12-6-5-8(7-12)3-2-4-9(13)11-10/h8H,2-7,10H2,1H3,(H,11,13). The van der Waals surface area contributed by atoms with Crippen molar-refractivity contribution in [3.05, 3.63) is 0 Å². The van der Waals surface area contributed by atoms with E-state index >= 15 is 0 Å². The zero-order chi connectivity index (χ0) is 9.68. The number of hydrazine groups is 1. The highest BCUT2D eigenvalue weighted by atomic mass is 16.2. The molecule has 3 N–H and O–H groups in total. The van der Waals surface area contributed by atoms with Crippen LogP contribution in [0.4, 0.5) is 0 Å². The van der Waals surface area contributed by atoms with Crippen molar-refractivity contribution in [2.75, 3.05) is 20.1 Å². The van der Waals surface area contributed by atoms with Crippen molar-refractivity contribution in [3.8, 4) is 0 Å². The smallest absolute Gasteiger partial charge is 0.233 e. The predicted molar refractivity (Wildman–Crippen MR) is 51.8 cm³/mol. The number of nitrogens with two attached hydrogens (primary N) is 1. The Labute approximate surface area is 79.4 Å². The first kappa shape index (κ1) is 10.5. The molecular weight excluding hydrogens is 166 g/mol. The van der Waals surface area contributed by atoms with Gasteiger partial charge in [-0.2, -0.15) is 0 Å². The molecule has 1 saturated heterocycles. The molecule has 1 fully saturated rings. The average molecular weight is 185 g/mol. The van der Waals surface area contributed by atoms with E-state index in [0.717, 1.165) is 18.8 Å². The van der Waals surface area contributed by atoms with Crippen molar-refractivity contribution < 1.29 is 4.79 Å².